The lowest BCUT2D eigenvalue weighted by atomic mass is 10.1. The van der Waals surface area contributed by atoms with Crippen molar-refractivity contribution in [3.63, 3.8) is 0 Å². The van der Waals surface area contributed by atoms with Crippen LogP contribution >= 0.6 is 11.8 Å². The summed E-state index contributed by atoms with van der Waals surface area (Å²) in [4.78, 5) is 10.4. The molecule has 0 radical (unpaired) electrons. The normalized spacial score (nSPS) is 11.0. The molecule has 0 amide bonds. The molecule has 0 heterocycles. The molecule has 2 nitrogen and oxygen atoms in total. The Kier molecular flexibility index (Phi) is 20.7. The first-order valence-electron chi connectivity index (χ1n) is 10.6. The summed E-state index contributed by atoms with van der Waals surface area (Å²) >= 11 is 2.15. The maximum absolute atomic E-state index is 10.4. The van der Waals surface area contributed by atoms with Gasteiger partial charge >= 0.3 is 5.97 Å². The molecular formula is C21H42O2S. The summed E-state index contributed by atoms with van der Waals surface area (Å²) in [5.74, 6) is 2.05. The van der Waals surface area contributed by atoms with Crippen molar-refractivity contribution < 1.29 is 9.90 Å². The summed E-state index contributed by atoms with van der Waals surface area (Å²) in [5, 5.41) is 8.56. The number of thioether (sulfide) groups is 1. The number of rotatable bonds is 20. The van der Waals surface area contributed by atoms with Crippen molar-refractivity contribution in [2.75, 3.05) is 11.5 Å². The molecule has 0 atom stereocenters. The van der Waals surface area contributed by atoms with Gasteiger partial charge in [0.1, 0.15) is 0 Å². The second kappa shape index (κ2) is 20.9. The van der Waals surface area contributed by atoms with E-state index >= 15 is 0 Å². The van der Waals surface area contributed by atoms with E-state index in [2.05, 4.69) is 18.7 Å². The summed E-state index contributed by atoms with van der Waals surface area (Å²) in [6.45, 7) is 2.28. The van der Waals surface area contributed by atoms with Gasteiger partial charge in [0.25, 0.3) is 0 Å². The third-order valence-corrected chi connectivity index (χ3v) is 5.73. The highest BCUT2D eigenvalue weighted by molar-refractivity contribution is 7.99. The zero-order valence-corrected chi connectivity index (χ0v) is 17.0. The fourth-order valence-electron chi connectivity index (χ4n) is 2.98. The highest BCUT2D eigenvalue weighted by atomic mass is 32.2. The van der Waals surface area contributed by atoms with Crippen LogP contribution in [-0.4, -0.2) is 22.6 Å². The van der Waals surface area contributed by atoms with Crippen molar-refractivity contribution >= 4 is 17.7 Å². The van der Waals surface area contributed by atoms with Crippen LogP contribution in [0.1, 0.15) is 116 Å². The standard InChI is InChI=1S/C21H42O2S/c1-2-3-4-5-6-10-13-16-19-24-20-17-14-11-8-7-9-12-15-18-21(22)23/h2-20H2,1H3,(H,22,23). The average molecular weight is 359 g/mol. The Hall–Kier alpha value is -0.180. The SMILES string of the molecule is CCCCCCCCCCSCCCCCCCCCCC(=O)O. The van der Waals surface area contributed by atoms with Gasteiger partial charge < -0.3 is 5.11 Å². The summed E-state index contributed by atoms with van der Waals surface area (Å²) < 4.78 is 0. The summed E-state index contributed by atoms with van der Waals surface area (Å²) in [7, 11) is 0. The van der Waals surface area contributed by atoms with E-state index in [0.717, 1.165) is 12.8 Å². The third-order valence-electron chi connectivity index (χ3n) is 4.57. The molecule has 0 aliphatic rings. The number of carboxylic acid groups (broad SMARTS) is 1. The lowest BCUT2D eigenvalue weighted by molar-refractivity contribution is -0.137. The van der Waals surface area contributed by atoms with E-state index in [1.54, 1.807) is 0 Å². The van der Waals surface area contributed by atoms with Crippen molar-refractivity contribution in [3.05, 3.63) is 0 Å². The fourth-order valence-corrected chi connectivity index (χ4v) is 4.00. The zero-order chi connectivity index (χ0) is 17.7. The van der Waals surface area contributed by atoms with Gasteiger partial charge in [-0.3, -0.25) is 4.79 Å². The van der Waals surface area contributed by atoms with E-state index in [0.29, 0.717) is 6.42 Å². The quantitative estimate of drug-likeness (QED) is 0.229. The van der Waals surface area contributed by atoms with E-state index in [-0.39, 0.29) is 0 Å². The molecule has 144 valence electrons. The van der Waals surface area contributed by atoms with Crippen LogP contribution in [0.15, 0.2) is 0 Å². The molecule has 0 aromatic carbocycles. The third kappa shape index (κ3) is 21.8. The topological polar surface area (TPSA) is 37.3 Å². The molecule has 0 rings (SSSR count). The lowest BCUT2D eigenvalue weighted by Gasteiger charge is -2.03. The van der Waals surface area contributed by atoms with Gasteiger partial charge in [-0.1, -0.05) is 90.4 Å². The van der Waals surface area contributed by atoms with Gasteiger partial charge in [0.05, 0.1) is 0 Å². The van der Waals surface area contributed by atoms with Crippen LogP contribution < -0.4 is 0 Å². The highest BCUT2D eigenvalue weighted by Crippen LogP contribution is 2.14. The maximum Gasteiger partial charge on any atom is 0.303 e. The van der Waals surface area contributed by atoms with Gasteiger partial charge in [0.15, 0.2) is 0 Å². The summed E-state index contributed by atoms with van der Waals surface area (Å²) in [5.41, 5.74) is 0. The number of unbranched alkanes of at least 4 members (excludes halogenated alkanes) is 14. The fraction of sp³-hybridized carbons (Fsp3) is 0.952. The van der Waals surface area contributed by atoms with E-state index in [1.807, 2.05) is 0 Å². The monoisotopic (exact) mass is 358 g/mol. The van der Waals surface area contributed by atoms with Gasteiger partial charge in [-0.25, -0.2) is 0 Å². The van der Waals surface area contributed by atoms with Crippen molar-refractivity contribution in [1.82, 2.24) is 0 Å². The van der Waals surface area contributed by atoms with Crippen LogP contribution in [0.2, 0.25) is 0 Å². The first-order valence-corrected chi connectivity index (χ1v) is 11.7. The predicted octanol–water partition coefficient (Wildman–Crippen LogP) is 7.46. The molecule has 0 aliphatic heterocycles. The van der Waals surface area contributed by atoms with Gasteiger partial charge in [0, 0.05) is 6.42 Å². The second-order valence-corrected chi connectivity index (χ2v) is 8.28. The Bertz CT molecular complexity index is 256. The van der Waals surface area contributed by atoms with Crippen molar-refractivity contribution in [3.8, 4) is 0 Å². The number of aliphatic carboxylic acids is 1. The van der Waals surface area contributed by atoms with Crippen LogP contribution in [-0.2, 0) is 4.79 Å². The minimum atomic E-state index is -0.653. The lowest BCUT2D eigenvalue weighted by Crippen LogP contribution is -1.93. The highest BCUT2D eigenvalue weighted by Gasteiger charge is 1.97. The molecule has 0 saturated carbocycles. The van der Waals surface area contributed by atoms with Crippen LogP contribution in [0, 0.1) is 0 Å². The zero-order valence-electron chi connectivity index (χ0n) is 16.2. The van der Waals surface area contributed by atoms with Gasteiger partial charge in [-0.05, 0) is 30.8 Å². The van der Waals surface area contributed by atoms with Gasteiger partial charge in [0.2, 0.25) is 0 Å². The summed E-state index contributed by atoms with van der Waals surface area (Å²) in [6.07, 6.45) is 21.6. The van der Waals surface area contributed by atoms with Crippen LogP contribution in [0.3, 0.4) is 0 Å². The Labute approximate surface area is 155 Å². The molecule has 0 bridgehead atoms. The second-order valence-electron chi connectivity index (χ2n) is 7.06. The molecular weight excluding hydrogens is 316 g/mol. The number of carbonyl (C=O) groups is 1. The molecule has 3 heteroatoms. The van der Waals surface area contributed by atoms with E-state index < -0.39 is 5.97 Å². The molecule has 0 aromatic rings. The van der Waals surface area contributed by atoms with Crippen molar-refractivity contribution in [2.45, 2.75) is 116 Å². The largest absolute Gasteiger partial charge is 0.481 e. The number of hydrogen-bond acceptors (Lipinski definition) is 2. The molecule has 0 aliphatic carbocycles. The Balaban J connectivity index is 2.97. The minimum Gasteiger partial charge on any atom is -0.481 e. The molecule has 0 aromatic heterocycles. The molecule has 1 N–H and O–H groups in total. The van der Waals surface area contributed by atoms with Crippen LogP contribution in [0.25, 0.3) is 0 Å². The van der Waals surface area contributed by atoms with Gasteiger partial charge in [-0.2, -0.15) is 11.8 Å². The summed E-state index contributed by atoms with van der Waals surface area (Å²) in [6, 6.07) is 0. The Morgan fingerprint density at radius 1 is 0.625 bits per heavy atom. The first-order chi connectivity index (χ1) is 11.8. The molecule has 0 spiro atoms. The maximum atomic E-state index is 10.4. The first kappa shape index (κ1) is 23.8. The Morgan fingerprint density at radius 2 is 1.00 bits per heavy atom. The predicted molar refractivity (Wildman–Crippen MR) is 109 cm³/mol. The van der Waals surface area contributed by atoms with E-state index in [4.69, 9.17) is 5.11 Å². The molecule has 0 unspecified atom stereocenters. The van der Waals surface area contributed by atoms with Crippen molar-refractivity contribution in [2.24, 2.45) is 0 Å². The molecule has 0 fully saturated rings. The minimum absolute atomic E-state index is 0.343. The average Bonchev–Trinajstić information content (AvgIpc) is 2.56. The molecule has 0 saturated heterocycles. The number of hydrogen-bond donors (Lipinski definition) is 1. The van der Waals surface area contributed by atoms with Crippen molar-refractivity contribution in [1.29, 1.82) is 0 Å². The van der Waals surface area contributed by atoms with Gasteiger partial charge in [-0.15, -0.1) is 0 Å². The van der Waals surface area contributed by atoms with Crippen LogP contribution in [0.5, 0.6) is 0 Å². The molecule has 24 heavy (non-hydrogen) atoms. The van der Waals surface area contributed by atoms with Crippen LogP contribution in [0.4, 0.5) is 0 Å². The van der Waals surface area contributed by atoms with E-state index in [9.17, 15) is 4.79 Å². The number of carboxylic acids is 1. The Morgan fingerprint density at radius 3 is 1.42 bits per heavy atom. The van der Waals surface area contributed by atoms with E-state index in [1.165, 1.54) is 101 Å². The smallest absolute Gasteiger partial charge is 0.303 e.